The van der Waals surface area contributed by atoms with Gasteiger partial charge in [-0.1, -0.05) is 107 Å². The molecule has 4 aromatic rings. The Morgan fingerprint density at radius 3 is 1.93 bits per heavy atom. The van der Waals surface area contributed by atoms with Crippen LogP contribution in [0.5, 0.6) is 5.75 Å². The Kier molecular flexibility index (Phi) is 5.87. The average molecular weight is 443 g/mol. The molecule has 4 aromatic carbocycles. The van der Waals surface area contributed by atoms with Crippen LogP contribution < -0.4 is 4.74 Å². The number of hydrogen-bond acceptors (Lipinski definition) is 2. The van der Waals surface area contributed by atoms with Gasteiger partial charge < -0.3 is 4.74 Å². The van der Waals surface area contributed by atoms with Crippen LogP contribution in [0.1, 0.15) is 15.9 Å². The SMILES string of the molecule is O=C(Oc1ccccc1-c1ccccc1)c1cc(CBr)ccc1-c1ccccc1. The average Bonchev–Trinajstić information content (AvgIpc) is 2.80. The number of halogens is 1. The molecule has 0 bridgehead atoms. The van der Waals surface area contributed by atoms with E-state index in [4.69, 9.17) is 4.74 Å². The zero-order chi connectivity index (χ0) is 20.1. The molecule has 0 aromatic heterocycles. The van der Waals surface area contributed by atoms with Gasteiger partial charge in [-0.2, -0.15) is 0 Å². The molecule has 0 radical (unpaired) electrons. The monoisotopic (exact) mass is 442 g/mol. The Morgan fingerprint density at radius 1 is 0.690 bits per heavy atom. The lowest BCUT2D eigenvalue weighted by molar-refractivity contribution is 0.0736. The number of benzene rings is 4. The van der Waals surface area contributed by atoms with Crippen LogP contribution in [0.25, 0.3) is 22.3 Å². The lowest BCUT2D eigenvalue weighted by Gasteiger charge is -2.13. The van der Waals surface area contributed by atoms with Gasteiger partial charge in [0.1, 0.15) is 5.75 Å². The number of hydrogen-bond donors (Lipinski definition) is 0. The third kappa shape index (κ3) is 4.30. The van der Waals surface area contributed by atoms with Crippen molar-refractivity contribution >= 4 is 21.9 Å². The molecule has 0 aliphatic rings. The molecule has 0 saturated carbocycles. The number of rotatable bonds is 5. The van der Waals surface area contributed by atoms with Crippen LogP contribution in [0, 0.1) is 0 Å². The highest BCUT2D eigenvalue weighted by atomic mass is 79.9. The number of ether oxygens (including phenoxy) is 1. The first-order valence-corrected chi connectivity index (χ1v) is 10.5. The molecule has 0 atom stereocenters. The summed E-state index contributed by atoms with van der Waals surface area (Å²) in [5.41, 5.74) is 5.31. The molecule has 0 spiro atoms. The molecular weight excluding hydrogens is 424 g/mol. The Bertz CT molecular complexity index is 1120. The quantitative estimate of drug-likeness (QED) is 0.186. The van der Waals surface area contributed by atoms with E-state index in [1.807, 2.05) is 103 Å². The number of alkyl halides is 1. The Balaban J connectivity index is 1.73. The minimum atomic E-state index is -0.366. The smallest absolute Gasteiger partial charge is 0.344 e. The van der Waals surface area contributed by atoms with E-state index in [1.165, 1.54) is 0 Å². The largest absolute Gasteiger partial charge is 0.422 e. The summed E-state index contributed by atoms with van der Waals surface area (Å²) in [6.07, 6.45) is 0. The van der Waals surface area contributed by atoms with Crippen molar-refractivity contribution in [1.29, 1.82) is 0 Å². The standard InChI is InChI=1S/C26H19BrO2/c27-18-19-15-16-22(20-9-3-1-4-10-20)24(17-19)26(28)29-25-14-8-7-13-23(25)21-11-5-2-6-12-21/h1-17H,18H2. The van der Waals surface area contributed by atoms with Crippen molar-refractivity contribution in [1.82, 2.24) is 0 Å². The molecule has 142 valence electrons. The molecule has 4 rings (SSSR count). The topological polar surface area (TPSA) is 26.3 Å². The predicted molar refractivity (Wildman–Crippen MR) is 121 cm³/mol. The van der Waals surface area contributed by atoms with Crippen LogP contribution >= 0.6 is 15.9 Å². The molecule has 29 heavy (non-hydrogen) atoms. The summed E-state index contributed by atoms with van der Waals surface area (Å²) in [4.78, 5) is 13.2. The van der Waals surface area contributed by atoms with E-state index < -0.39 is 0 Å². The van der Waals surface area contributed by atoms with Crippen molar-refractivity contribution < 1.29 is 9.53 Å². The highest BCUT2D eigenvalue weighted by molar-refractivity contribution is 9.08. The zero-order valence-electron chi connectivity index (χ0n) is 15.7. The lowest BCUT2D eigenvalue weighted by Crippen LogP contribution is -2.11. The molecule has 0 heterocycles. The van der Waals surface area contributed by atoms with Crippen molar-refractivity contribution in [3.05, 3.63) is 114 Å². The summed E-state index contributed by atoms with van der Waals surface area (Å²) in [6.45, 7) is 0. The third-order valence-corrected chi connectivity index (χ3v) is 5.36. The van der Waals surface area contributed by atoms with Crippen LogP contribution in [0.15, 0.2) is 103 Å². The van der Waals surface area contributed by atoms with Gasteiger partial charge in [-0.15, -0.1) is 0 Å². The first-order chi connectivity index (χ1) is 14.3. The maximum atomic E-state index is 13.2. The van der Waals surface area contributed by atoms with E-state index in [9.17, 15) is 4.79 Å². The van der Waals surface area contributed by atoms with Gasteiger partial charge in [-0.05, 0) is 34.4 Å². The molecule has 0 unspecified atom stereocenters. The minimum Gasteiger partial charge on any atom is -0.422 e. The second-order valence-corrected chi connectivity index (χ2v) is 7.19. The van der Waals surface area contributed by atoms with Gasteiger partial charge in [0.25, 0.3) is 0 Å². The molecule has 0 aliphatic carbocycles. The zero-order valence-corrected chi connectivity index (χ0v) is 17.3. The van der Waals surface area contributed by atoms with Gasteiger partial charge in [-0.25, -0.2) is 4.79 Å². The molecule has 3 heteroatoms. The van der Waals surface area contributed by atoms with Crippen molar-refractivity contribution in [2.75, 3.05) is 0 Å². The van der Waals surface area contributed by atoms with E-state index in [1.54, 1.807) is 0 Å². The van der Waals surface area contributed by atoms with Crippen LogP contribution in [0.3, 0.4) is 0 Å². The molecular formula is C26H19BrO2. The molecule has 2 nitrogen and oxygen atoms in total. The number of carbonyl (C=O) groups excluding carboxylic acids is 1. The van der Waals surface area contributed by atoms with Crippen molar-refractivity contribution in [2.45, 2.75) is 5.33 Å². The fraction of sp³-hybridized carbons (Fsp3) is 0.0385. The van der Waals surface area contributed by atoms with E-state index in [2.05, 4.69) is 15.9 Å². The van der Waals surface area contributed by atoms with E-state index in [0.717, 1.165) is 27.8 Å². The molecule has 0 amide bonds. The molecule has 0 saturated heterocycles. The third-order valence-electron chi connectivity index (χ3n) is 4.72. The van der Waals surface area contributed by atoms with Crippen LogP contribution in [0.4, 0.5) is 0 Å². The number of carbonyl (C=O) groups is 1. The van der Waals surface area contributed by atoms with E-state index in [-0.39, 0.29) is 5.97 Å². The Labute approximate surface area is 178 Å². The second kappa shape index (κ2) is 8.89. The van der Waals surface area contributed by atoms with E-state index >= 15 is 0 Å². The number of para-hydroxylation sites is 1. The molecule has 0 N–H and O–H groups in total. The molecule has 0 aliphatic heterocycles. The van der Waals surface area contributed by atoms with Crippen LogP contribution in [-0.2, 0) is 5.33 Å². The lowest BCUT2D eigenvalue weighted by atomic mass is 9.98. The Hall–Kier alpha value is -3.17. The highest BCUT2D eigenvalue weighted by Gasteiger charge is 2.18. The van der Waals surface area contributed by atoms with Crippen LogP contribution in [-0.4, -0.2) is 5.97 Å². The first-order valence-electron chi connectivity index (χ1n) is 9.37. The fourth-order valence-corrected chi connectivity index (χ4v) is 3.63. The summed E-state index contributed by atoms with van der Waals surface area (Å²) in [5.74, 6) is 0.182. The van der Waals surface area contributed by atoms with Crippen molar-refractivity contribution in [3.8, 4) is 28.0 Å². The second-order valence-electron chi connectivity index (χ2n) is 6.63. The summed E-state index contributed by atoms with van der Waals surface area (Å²) in [5, 5.41) is 0.670. The van der Waals surface area contributed by atoms with Gasteiger partial charge in [0.15, 0.2) is 0 Å². The summed E-state index contributed by atoms with van der Waals surface area (Å²) >= 11 is 3.48. The van der Waals surface area contributed by atoms with E-state index in [0.29, 0.717) is 16.6 Å². The van der Waals surface area contributed by atoms with Gasteiger partial charge in [-0.3, -0.25) is 0 Å². The number of esters is 1. The summed E-state index contributed by atoms with van der Waals surface area (Å²) in [6, 6.07) is 33.3. The van der Waals surface area contributed by atoms with Gasteiger partial charge in [0.2, 0.25) is 0 Å². The van der Waals surface area contributed by atoms with Crippen LogP contribution in [0.2, 0.25) is 0 Å². The fourth-order valence-electron chi connectivity index (χ4n) is 3.28. The molecule has 0 fully saturated rings. The first kappa shape index (κ1) is 19.2. The Morgan fingerprint density at radius 2 is 1.28 bits per heavy atom. The maximum Gasteiger partial charge on any atom is 0.344 e. The predicted octanol–water partition coefficient (Wildman–Crippen LogP) is 7.13. The summed E-state index contributed by atoms with van der Waals surface area (Å²) < 4.78 is 5.89. The summed E-state index contributed by atoms with van der Waals surface area (Å²) in [7, 11) is 0. The van der Waals surface area contributed by atoms with Gasteiger partial charge >= 0.3 is 5.97 Å². The van der Waals surface area contributed by atoms with Crippen molar-refractivity contribution in [3.63, 3.8) is 0 Å². The highest BCUT2D eigenvalue weighted by Crippen LogP contribution is 2.32. The minimum absolute atomic E-state index is 0.366. The van der Waals surface area contributed by atoms with Gasteiger partial charge in [0, 0.05) is 10.9 Å². The van der Waals surface area contributed by atoms with Crippen molar-refractivity contribution in [2.24, 2.45) is 0 Å². The maximum absolute atomic E-state index is 13.2. The normalized spacial score (nSPS) is 10.5. The van der Waals surface area contributed by atoms with Gasteiger partial charge in [0.05, 0.1) is 5.56 Å².